The van der Waals surface area contributed by atoms with E-state index in [0.29, 0.717) is 30.0 Å². The number of ether oxygens (including phenoxy) is 1. The van der Waals surface area contributed by atoms with Crippen molar-refractivity contribution in [3.63, 3.8) is 0 Å². The molecule has 0 radical (unpaired) electrons. The van der Waals surface area contributed by atoms with Gasteiger partial charge < -0.3 is 10.5 Å². The standard InChI is InChI=1S/C17H20N6O2/c1-2-5-14(25-11-24)13-8-7-12(10-22-13)16(18)23(17(19)20)15-6-3-4-9-21-15/h3-4,6-11,14,18H,2,5H2,1H3,(H3,19,20). The maximum Gasteiger partial charge on any atom is 0.293 e. The van der Waals surface area contributed by atoms with Gasteiger partial charge in [-0.25, -0.2) is 9.88 Å². The average Bonchev–Trinajstić information content (AvgIpc) is 2.62. The quantitative estimate of drug-likeness (QED) is 0.402. The molecule has 8 nitrogen and oxygen atoms in total. The summed E-state index contributed by atoms with van der Waals surface area (Å²) in [5.41, 5.74) is 6.69. The number of rotatable bonds is 7. The molecule has 130 valence electrons. The molecule has 8 heteroatoms. The molecule has 2 aromatic heterocycles. The highest BCUT2D eigenvalue weighted by atomic mass is 16.5. The Morgan fingerprint density at radius 3 is 2.64 bits per heavy atom. The third-order valence-electron chi connectivity index (χ3n) is 3.50. The van der Waals surface area contributed by atoms with E-state index in [9.17, 15) is 4.79 Å². The van der Waals surface area contributed by atoms with E-state index < -0.39 is 6.10 Å². The second kappa shape index (κ2) is 8.53. The fourth-order valence-electron chi connectivity index (χ4n) is 2.32. The van der Waals surface area contributed by atoms with Crippen molar-refractivity contribution in [3.05, 3.63) is 54.0 Å². The average molecular weight is 340 g/mol. The second-order valence-corrected chi connectivity index (χ2v) is 5.24. The Hall–Kier alpha value is -3.29. The van der Waals surface area contributed by atoms with Crippen LogP contribution in [0, 0.1) is 10.8 Å². The monoisotopic (exact) mass is 340 g/mol. The predicted molar refractivity (Wildman–Crippen MR) is 94.5 cm³/mol. The van der Waals surface area contributed by atoms with Crippen LogP contribution >= 0.6 is 0 Å². The van der Waals surface area contributed by atoms with Crippen molar-refractivity contribution in [2.45, 2.75) is 25.9 Å². The van der Waals surface area contributed by atoms with Gasteiger partial charge in [0.05, 0.1) is 5.69 Å². The smallest absolute Gasteiger partial charge is 0.293 e. The van der Waals surface area contributed by atoms with Gasteiger partial charge in [0, 0.05) is 18.0 Å². The van der Waals surface area contributed by atoms with Gasteiger partial charge in [0.2, 0.25) is 0 Å². The van der Waals surface area contributed by atoms with Crippen LogP contribution in [0.2, 0.25) is 0 Å². The van der Waals surface area contributed by atoms with Crippen LogP contribution in [0.15, 0.2) is 42.7 Å². The molecule has 0 saturated carbocycles. The van der Waals surface area contributed by atoms with E-state index in [2.05, 4.69) is 9.97 Å². The summed E-state index contributed by atoms with van der Waals surface area (Å²) in [4.78, 5) is 20.3. The van der Waals surface area contributed by atoms with Gasteiger partial charge in [-0.1, -0.05) is 19.4 Å². The molecule has 0 aromatic carbocycles. The Kier molecular flexibility index (Phi) is 6.16. The number of anilines is 1. The molecule has 1 atom stereocenters. The Balaban J connectivity index is 2.26. The summed E-state index contributed by atoms with van der Waals surface area (Å²) >= 11 is 0. The third-order valence-corrected chi connectivity index (χ3v) is 3.50. The molecule has 1 unspecified atom stereocenters. The minimum absolute atomic E-state index is 0.0198. The van der Waals surface area contributed by atoms with Gasteiger partial charge >= 0.3 is 0 Å². The first kappa shape index (κ1) is 18.1. The molecule has 2 aromatic rings. The zero-order valence-electron chi connectivity index (χ0n) is 13.8. The lowest BCUT2D eigenvalue weighted by Crippen LogP contribution is -2.42. The van der Waals surface area contributed by atoms with Crippen molar-refractivity contribution in [1.82, 2.24) is 9.97 Å². The van der Waals surface area contributed by atoms with E-state index in [-0.39, 0.29) is 11.8 Å². The zero-order chi connectivity index (χ0) is 18.2. The molecular weight excluding hydrogens is 320 g/mol. The number of hydrogen-bond donors (Lipinski definition) is 3. The Morgan fingerprint density at radius 2 is 2.12 bits per heavy atom. The van der Waals surface area contributed by atoms with Crippen LogP contribution in [0.25, 0.3) is 0 Å². The van der Waals surface area contributed by atoms with E-state index in [0.717, 1.165) is 6.42 Å². The number of nitrogens with zero attached hydrogens (tertiary/aromatic N) is 3. The van der Waals surface area contributed by atoms with Gasteiger partial charge in [-0.15, -0.1) is 0 Å². The van der Waals surface area contributed by atoms with Crippen LogP contribution in [-0.4, -0.2) is 28.2 Å². The summed E-state index contributed by atoms with van der Waals surface area (Å²) in [6.07, 6.45) is 4.15. The SMILES string of the molecule is CCCC(OC=O)c1ccc(C(=N)N(C(=N)N)c2ccccn2)cn1. The molecule has 0 amide bonds. The van der Waals surface area contributed by atoms with Crippen LogP contribution in [0.4, 0.5) is 5.82 Å². The maximum absolute atomic E-state index is 10.6. The molecule has 0 aliphatic carbocycles. The summed E-state index contributed by atoms with van der Waals surface area (Å²) in [6.45, 7) is 2.40. The largest absolute Gasteiger partial charge is 0.458 e. The van der Waals surface area contributed by atoms with Crippen molar-refractivity contribution in [2.24, 2.45) is 5.73 Å². The minimum Gasteiger partial charge on any atom is -0.458 e. The molecule has 2 rings (SSSR count). The lowest BCUT2D eigenvalue weighted by atomic mass is 10.1. The molecule has 2 heterocycles. The van der Waals surface area contributed by atoms with Crippen LogP contribution in [0.5, 0.6) is 0 Å². The van der Waals surface area contributed by atoms with E-state index in [1.165, 1.54) is 11.1 Å². The number of nitrogens with one attached hydrogen (secondary N) is 2. The maximum atomic E-state index is 10.6. The molecule has 0 spiro atoms. The number of carbonyl (C=O) groups is 1. The first-order chi connectivity index (χ1) is 12.1. The van der Waals surface area contributed by atoms with Crippen molar-refractivity contribution in [1.29, 1.82) is 10.8 Å². The van der Waals surface area contributed by atoms with Gasteiger partial charge in [-0.05, 0) is 30.7 Å². The summed E-state index contributed by atoms with van der Waals surface area (Å²) in [7, 11) is 0. The van der Waals surface area contributed by atoms with Gasteiger partial charge in [0.15, 0.2) is 5.96 Å². The number of carbonyl (C=O) groups excluding carboxylic acids is 1. The highest BCUT2D eigenvalue weighted by Gasteiger charge is 2.19. The fourth-order valence-corrected chi connectivity index (χ4v) is 2.32. The lowest BCUT2D eigenvalue weighted by molar-refractivity contribution is -0.134. The van der Waals surface area contributed by atoms with Gasteiger partial charge in [0.1, 0.15) is 17.8 Å². The predicted octanol–water partition coefficient (Wildman–Crippen LogP) is 2.22. The fraction of sp³-hybridized carbons (Fsp3) is 0.235. The molecule has 4 N–H and O–H groups in total. The molecule has 0 aliphatic heterocycles. The Morgan fingerprint density at radius 1 is 1.32 bits per heavy atom. The number of amidine groups is 1. The van der Waals surface area contributed by atoms with Crippen molar-refractivity contribution in [3.8, 4) is 0 Å². The molecule has 0 saturated heterocycles. The van der Waals surface area contributed by atoms with E-state index >= 15 is 0 Å². The summed E-state index contributed by atoms with van der Waals surface area (Å²) in [5.74, 6) is 0.0340. The summed E-state index contributed by atoms with van der Waals surface area (Å²) < 4.78 is 5.05. The zero-order valence-corrected chi connectivity index (χ0v) is 13.8. The highest BCUT2D eigenvalue weighted by molar-refractivity contribution is 6.21. The molecule has 25 heavy (non-hydrogen) atoms. The number of hydrogen-bond acceptors (Lipinski definition) is 6. The van der Waals surface area contributed by atoms with Crippen molar-refractivity contribution < 1.29 is 9.53 Å². The van der Waals surface area contributed by atoms with E-state index in [1.807, 2.05) is 6.92 Å². The lowest BCUT2D eigenvalue weighted by Gasteiger charge is -2.22. The normalized spacial score (nSPS) is 11.4. The van der Waals surface area contributed by atoms with Crippen LogP contribution in [0.3, 0.4) is 0 Å². The van der Waals surface area contributed by atoms with E-state index in [1.54, 1.807) is 36.5 Å². The summed E-state index contributed by atoms with van der Waals surface area (Å²) in [5, 5.41) is 16.1. The number of aromatic nitrogens is 2. The second-order valence-electron chi connectivity index (χ2n) is 5.24. The highest BCUT2D eigenvalue weighted by Crippen LogP contribution is 2.21. The van der Waals surface area contributed by atoms with Gasteiger partial charge in [0.25, 0.3) is 6.47 Å². The first-order valence-electron chi connectivity index (χ1n) is 7.77. The van der Waals surface area contributed by atoms with Crippen LogP contribution < -0.4 is 10.6 Å². The summed E-state index contributed by atoms with van der Waals surface area (Å²) in [6, 6.07) is 8.53. The van der Waals surface area contributed by atoms with E-state index in [4.69, 9.17) is 21.3 Å². The van der Waals surface area contributed by atoms with Crippen LogP contribution in [0.1, 0.15) is 37.1 Å². The topological polar surface area (TPSA) is 129 Å². The third kappa shape index (κ3) is 4.37. The van der Waals surface area contributed by atoms with Crippen molar-refractivity contribution in [2.75, 3.05) is 4.90 Å². The Labute approximate surface area is 145 Å². The number of guanidine groups is 1. The first-order valence-corrected chi connectivity index (χ1v) is 7.77. The minimum atomic E-state index is -0.412. The molecular formula is C17H20N6O2. The van der Waals surface area contributed by atoms with Gasteiger partial charge in [-0.2, -0.15) is 0 Å². The molecule has 0 bridgehead atoms. The van der Waals surface area contributed by atoms with Crippen molar-refractivity contribution >= 4 is 24.1 Å². The number of nitrogens with two attached hydrogens (primary N) is 1. The molecule has 0 fully saturated rings. The Bertz CT molecular complexity index is 733. The number of pyridine rings is 2. The molecule has 0 aliphatic rings. The van der Waals surface area contributed by atoms with Gasteiger partial charge in [-0.3, -0.25) is 20.6 Å². The van der Waals surface area contributed by atoms with Crippen LogP contribution in [-0.2, 0) is 9.53 Å².